The van der Waals surface area contributed by atoms with Crippen LogP contribution in [-0.2, 0) is 12.5 Å². The summed E-state index contributed by atoms with van der Waals surface area (Å²) in [6.07, 6.45) is 0. The van der Waals surface area contributed by atoms with Crippen LogP contribution in [0.1, 0.15) is 92.7 Å². The normalized spacial score (nSPS) is 13.6. The molecule has 9 rings (SSSR count). The number of pyridine rings is 1. The number of fused-ring (bicyclic) bond motifs is 8. The van der Waals surface area contributed by atoms with Gasteiger partial charge in [0.15, 0.2) is 22.2 Å². The summed E-state index contributed by atoms with van der Waals surface area (Å²) in [6, 6.07) is 31.7. The van der Waals surface area contributed by atoms with Crippen molar-refractivity contribution in [2.75, 3.05) is 0 Å². The van der Waals surface area contributed by atoms with Gasteiger partial charge in [0, 0.05) is 31.7 Å². The zero-order valence-electron chi connectivity index (χ0n) is 35.4. The highest BCUT2D eigenvalue weighted by Crippen LogP contribution is 2.47. The van der Waals surface area contributed by atoms with Crippen molar-refractivity contribution in [2.45, 2.75) is 79.5 Å². The Morgan fingerprint density at radius 3 is 2.15 bits per heavy atom. The molecular weight excluding hydrogens is 665 g/mol. The number of oxazole rings is 1. The number of rotatable bonds is 5. The van der Waals surface area contributed by atoms with E-state index < -0.39 is 6.85 Å². The number of hydrogen-bond acceptors (Lipinski definition) is 4. The third-order valence-corrected chi connectivity index (χ3v) is 11.0. The second kappa shape index (κ2) is 12.1. The Labute approximate surface area is 320 Å². The number of hydrogen-bond donors (Lipinski definition) is 0. The van der Waals surface area contributed by atoms with Gasteiger partial charge in [0.2, 0.25) is 11.6 Å². The molecule has 0 aliphatic carbocycles. The van der Waals surface area contributed by atoms with Gasteiger partial charge < -0.3 is 8.83 Å². The van der Waals surface area contributed by atoms with Gasteiger partial charge in [0.1, 0.15) is 16.8 Å². The van der Waals surface area contributed by atoms with Crippen LogP contribution in [0.2, 0.25) is 0 Å². The predicted molar refractivity (Wildman–Crippen MR) is 222 cm³/mol. The monoisotopic (exact) mass is 714 g/mol. The summed E-state index contributed by atoms with van der Waals surface area (Å²) >= 11 is 0. The fourth-order valence-electron chi connectivity index (χ4n) is 8.23. The number of furan rings is 1. The molecule has 0 spiro atoms. The Kier molecular flexibility index (Phi) is 6.90. The van der Waals surface area contributed by atoms with Crippen molar-refractivity contribution in [3.63, 3.8) is 0 Å². The Bertz CT molecular complexity index is 3040. The zero-order valence-corrected chi connectivity index (χ0v) is 32.4. The molecule has 0 fully saturated rings. The van der Waals surface area contributed by atoms with E-state index in [9.17, 15) is 0 Å². The van der Waals surface area contributed by atoms with Crippen molar-refractivity contribution in [3.8, 4) is 28.2 Å². The van der Waals surface area contributed by atoms with Crippen LogP contribution in [0.3, 0.4) is 0 Å². The van der Waals surface area contributed by atoms with Crippen LogP contribution >= 0.6 is 0 Å². The molecule has 270 valence electrons. The largest absolute Gasteiger partial charge is 0.439 e. The molecule has 0 amide bonds. The Morgan fingerprint density at radius 2 is 1.46 bits per heavy atom. The van der Waals surface area contributed by atoms with E-state index in [1.807, 2.05) is 0 Å². The maximum Gasteiger partial charge on any atom is 0.299 e. The number of nitrogens with zero attached hydrogens (tertiary/aromatic N) is 4. The van der Waals surface area contributed by atoms with Crippen LogP contribution in [-0.4, -0.2) is 14.5 Å². The van der Waals surface area contributed by atoms with E-state index in [4.69, 9.17) is 17.9 Å². The molecule has 0 saturated heterocycles. The average molecular weight is 715 g/mol. The van der Waals surface area contributed by atoms with E-state index in [-0.39, 0.29) is 28.7 Å². The minimum absolute atomic E-state index is 0.0238. The molecule has 0 saturated carbocycles. The van der Waals surface area contributed by atoms with Gasteiger partial charge in [-0.2, -0.15) is 4.57 Å². The molecule has 54 heavy (non-hydrogen) atoms. The third kappa shape index (κ3) is 5.03. The van der Waals surface area contributed by atoms with E-state index in [0.29, 0.717) is 22.4 Å². The Morgan fingerprint density at radius 1 is 0.759 bits per heavy atom. The van der Waals surface area contributed by atoms with Crippen LogP contribution in [0.15, 0.2) is 99.8 Å². The van der Waals surface area contributed by atoms with Gasteiger partial charge in [-0.05, 0) is 90.2 Å². The number of aromatic nitrogens is 4. The molecule has 0 aliphatic rings. The fourth-order valence-corrected chi connectivity index (χ4v) is 8.23. The summed E-state index contributed by atoms with van der Waals surface area (Å²) in [5.74, 6) is 1.87. The minimum Gasteiger partial charge on any atom is -0.439 e. The first kappa shape index (κ1) is 30.7. The Hall–Kier alpha value is -5.75. The summed E-state index contributed by atoms with van der Waals surface area (Å²) in [5.41, 5.74) is 11.6. The lowest BCUT2D eigenvalue weighted by molar-refractivity contribution is -0.633. The number of benzene rings is 5. The summed E-state index contributed by atoms with van der Waals surface area (Å²) < 4.78 is 42.7. The van der Waals surface area contributed by atoms with Crippen molar-refractivity contribution in [1.82, 2.24) is 14.5 Å². The average Bonchev–Trinajstić information content (AvgIpc) is 3.87. The van der Waals surface area contributed by atoms with Crippen LogP contribution in [0.25, 0.3) is 83.2 Å². The van der Waals surface area contributed by atoms with Crippen molar-refractivity contribution >= 4 is 55.0 Å². The van der Waals surface area contributed by atoms with Gasteiger partial charge in [-0.3, -0.25) is 0 Å². The van der Waals surface area contributed by atoms with Crippen molar-refractivity contribution in [2.24, 2.45) is 7.05 Å². The molecule has 0 N–H and O–H groups in total. The van der Waals surface area contributed by atoms with Crippen molar-refractivity contribution in [1.29, 1.82) is 0 Å². The van der Waals surface area contributed by atoms with E-state index in [2.05, 4.69) is 155 Å². The van der Waals surface area contributed by atoms with Crippen LogP contribution < -0.4 is 4.57 Å². The van der Waals surface area contributed by atoms with Gasteiger partial charge in [0.25, 0.3) is 5.82 Å². The molecule has 6 heteroatoms. The predicted octanol–water partition coefficient (Wildman–Crippen LogP) is 12.5. The van der Waals surface area contributed by atoms with Gasteiger partial charge in [-0.15, -0.1) is 0 Å². The second-order valence-electron chi connectivity index (χ2n) is 16.4. The lowest BCUT2D eigenvalue weighted by Gasteiger charge is -2.21. The quantitative estimate of drug-likeness (QED) is 0.167. The summed E-state index contributed by atoms with van der Waals surface area (Å²) in [7, 11) is 2.12. The molecule has 9 aromatic rings. The molecule has 4 heterocycles. The first-order valence-corrected chi connectivity index (χ1v) is 18.9. The molecule has 0 atom stereocenters. The highest BCUT2D eigenvalue weighted by molar-refractivity contribution is 6.21. The van der Waals surface area contributed by atoms with E-state index in [0.717, 1.165) is 55.3 Å². The maximum absolute atomic E-state index is 8.15. The number of aryl methyl sites for hydroxylation is 3. The summed E-state index contributed by atoms with van der Waals surface area (Å²) in [4.78, 5) is 9.80. The molecule has 6 nitrogen and oxygen atoms in total. The van der Waals surface area contributed by atoms with Gasteiger partial charge in [0.05, 0.1) is 17.8 Å². The van der Waals surface area contributed by atoms with Crippen LogP contribution in [0, 0.1) is 13.8 Å². The highest BCUT2D eigenvalue weighted by atomic mass is 16.4. The fraction of sp³-hybridized carbons (Fsp3) is 0.271. The van der Waals surface area contributed by atoms with Crippen LogP contribution in [0.4, 0.5) is 0 Å². The molecular formula is C48H47N4O2+. The van der Waals surface area contributed by atoms with Gasteiger partial charge in [-0.1, -0.05) is 97.0 Å². The minimum atomic E-state index is -2.40. The third-order valence-electron chi connectivity index (χ3n) is 11.0. The van der Waals surface area contributed by atoms with E-state index in [1.54, 1.807) is 12.1 Å². The SMILES string of the molecule is [2H]C([2H])([2H])c1ccc2c(n1)oc1c(-c3n(-c4c(C(C)C)cc(-c5ccccc5)cc4C(C)C)c4c5ccccc5ccc4[n+]3C)c(C)c3nc(C(C)(C)C)oc3c12. The van der Waals surface area contributed by atoms with Crippen molar-refractivity contribution in [3.05, 3.63) is 119 Å². The molecule has 4 aromatic heterocycles. The molecule has 0 bridgehead atoms. The lowest BCUT2D eigenvalue weighted by atomic mass is 9.88. The van der Waals surface area contributed by atoms with Crippen molar-refractivity contribution < 1.29 is 17.5 Å². The molecule has 0 unspecified atom stereocenters. The molecule has 0 aliphatic heterocycles. The topological polar surface area (TPSA) is 60.9 Å². The summed E-state index contributed by atoms with van der Waals surface area (Å²) in [5, 5.41) is 3.67. The molecule has 5 aromatic carbocycles. The zero-order chi connectivity index (χ0) is 40.3. The smallest absolute Gasteiger partial charge is 0.299 e. The van der Waals surface area contributed by atoms with Gasteiger partial charge >= 0.3 is 0 Å². The Balaban J connectivity index is 1.52. The highest BCUT2D eigenvalue weighted by Gasteiger charge is 2.37. The summed E-state index contributed by atoms with van der Waals surface area (Å²) in [6.45, 7) is 15.0. The first-order valence-electron chi connectivity index (χ1n) is 20.4. The number of imidazole rings is 1. The van der Waals surface area contributed by atoms with Gasteiger partial charge in [-0.25, -0.2) is 14.5 Å². The standard InChI is InChI=1S/C48H47N4O2/c1-26(2)35-24-32(30-16-12-11-13-17-30)25-36(27(3)4)41(35)52-42-33-19-15-14-18-31(33)21-23-37(42)51(10)46(52)38-29(6)40-44(54-47(50-40)48(7,8)9)39-34-22-20-28(5)49-45(34)53-43(38)39/h11-27H,1-10H3/q+1/i5D3. The van der Waals surface area contributed by atoms with Crippen LogP contribution in [0.5, 0.6) is 0 Å². The molecule has 0 radical (unpaired) electrons. The van der Waals surface area contributed by atoms with E-state index in [1.165, 1.54) is 22.3 Å². The first-order chi connectivity index (χ1) is 27.0. The van der Waals surface area contributed by atoms with E-state index >= 15 is 0 Å². The second-order valence-corrected chi connectivity index (χ2v) is 16.4. The maximum atomic E-state index is 8.15. The lowest BCUT2D eigenvalue weighted by Crippen LogP contribution is -2.30.